The molecule has 1 aliphatic rings. The zero-order valence-corrected chi connectivity index (χ0v) is 8.75. The van der Waals surface area contributed by atoms with Crippen molar-refractivity contribution < 1.29 is 4.74 Å². The topological polar surface area (TPSA) is 48.1 Å². The highest BCUT2D eigenvalue weighted by atomic mass is 79.9. The summed E-state index contributed by atoms with van der Waals surface area (Å²) in [4.78, 5) is 3.94. The van der Waals surface area contributed by atoms with Crippen LogP contribution in [0.3, 0.4) is 0 Å². The van der Waals surface area contributed by atoms with Crippen LogP contribution in [0.2, 0.25) is 0 Å². The Kier molecular flexibility index (Phi) is 2.40. The first kappa shape index (κ1) is 8.81. The van der Waals surface area contributed by atoms with E-state index < -0.39 is 0 Å². The normalized spacial score (nSPS) is 15.8. The summed E-state index contributed by atoms with van der Waals surface area (Å²) in [5, 5.41) is 0. The molecule has 70 valence electrons. The fraction of sp³-hybridized carbons (Fsp3) is 0.444. The minimum absolute atomic E-state index is 0.593. The molecule has 0 spiro atoms. The lowest BCUT2D eigenvalue weighted by molar-refractivity contribution is 0.299. The van der Waals surface area contributed by atoms with Gasteiger partial charge in [-0.3, -0.25) is 4.98 Å². The van der Waals surface area contributed by atoms with Crippen molar-refractivity contribution in [1.82, 2.24) is 4.98 Å². The Hall–Kier alpha value is -0.770. The highest BCUT2D eigenvalue weighted by molar-refractivity contribution is 9.10. The summed E-state index contributed by atoms with van der Waals surface area (Å²) >= 11 is 3.35. The van der Waals surface area contributed by atoms with Gasteiger partial charge in [-0.15, -0.1) is 0 Å². The third kappa shape index (κ3) is 2.12. The fourth-order valence-corrected chi connectivity index (χ4v) is 1.54. The van der Waals surface area contributed by atoms with Crippen LogP contribution in [0, 0.1) is 5.92 Å². The second-order valence-corrected chi connectivity index (χ2v) is 4.15. The lowest BCUT2D eigenvalue weighted by Crippen LogP contribution is -2.02. The van der Waals surface area contributed by atoms with Gasteiger partial charge < -0.3 is 10.5 Å². The molecular formula is C9H11BrN2O. The summed E-state index contributed by atoms with van der Waals surface area (Å²) in [6, 6.07) is 0. The van der Waals surface area contributed by atoms with E-state index >= 15 is 0 Å². The number of anilines is 1. The van der Waals surface area contributed by atoms with Gasteiger partial charge in [0, 0.05) is 6.20 Å². The molecule has 0 aliphatic heterocycles. The van der Waals surface area contributed by atoms with Crippen molar-refractivity contribution in [3.05, 3.63) is 16.9 Å². The van der Waals surface area contributed by atoms with Crippen LogP contribution in [0.1, 0.15) is 12.8 Å². The second kappa shape index (κ2) is 3.54. The number of nitrogens with two attached hydrogens (primary N) is 1. The molecule has 0 amide bonds. The van der Waals surface area contributed by atoms with Crippen LogP contribution in [0.15, 0.2) is 16.9 Å². The van der Waals surface area contributed by atoms with Gasteiger partial charge in [0.15, 0.2) is 5.75 Å². The van der Waals surface area contributed by atoms with Gasteiger partial charge in [0.1, 0.15) is 0 Å². The first-order chi connectivity index (χ1) is 6.27. The van der Waals surface area contributed by atoms with Gasteiger partial charge in [0.25, 0.3) is 0 Å². The number of nitrogen functional groups attached to an aromatic ring is 1. The molecule has 2 rings (SSSR count). The van der Waals surface area contributed by atoms with Crippen LogP contribution in [-0.4, -0.2) is 11.6 Å². The largest absolute Gasteiger partial charge is 0.490 e. The maximum atomic E-state index is 5.71. The Morgan fingerprint density at radius 2 is 2.31 bits per heavy atom. The van der Waals surface area contributed by atoms with Crippen LogP contribution in [0.4, 0.5) is 5.69 Å². The Bertz CT molecular complexity index is 292. The van der Waals surface area contributed by atoms with E-state index in [9.17, 15) is 0 Å². The molecular weight excluding hydrogens is 232 g/mol. The lowest BCUT2D eigenvalue weighted by Gasteiger charge is -2.08. The minimum atomic E-state index is 0.593. The molecule has 1 aromatic heterocycles. The van der Waals surface area contributed by atoms with E-state index in [-0.39, 0.29) is 0 Å². The summed E-state index contributed by atoms with van der Waals surface area (Å²) < 4.78 is 6.41. The third-order valence-corrected chi connectivity index (χ3v) is 2.61. The molecule has 0 radical (unpaired) electrons. The van der Waals surface area contributed by atoms with Gasteiger partial charge >= 0.3 is 0 Å². The van der Waals surface area contributed by atoms with Crippen molar-refractivity contribution in [3.63, 3.8) is 0 Å². The Morgan fingerprint density at radius 3 is 2.92 bits per heavy atom. The number of halogens is 1. The van der Waals surface area contributed by atoms with Crippen LogP contribution in [-0.2, 0) is 0 Å². The Balaban J connectivity index is 2.07. The average Bonchev–Trinajstić information content (AvgIpc) is 2.87. The van der Waals surface area contributed by atoms with Crippen molar-refractivity contribution in [1.29, 1.82) is 0 Å². The quantitative estimate of drug-likeness (QED) is 0.885. The molecule has 0 unspecified atom stereocenters. The Morgan fingerprint density at radius 1 is 1.54 bits per heavy atom. The minimum Gasteiger partial charge on any atom is -0.490 e. The monoisotopic (exact) mass is 242 g/mol. The molecule has 1 heterocycles. The van der Waals surface area contributed by atoms with E-state index in [0.717, 1.165) is 22.7 Å². The number of nitrogens with zero attached hydrogens (tertiary/aromatic N) is 1. The van der Waals surface area contributed by atoms with Crippen molar-refractivity contribution in [2.24, 2.45) is 5.92 Å². The molecule has 13 heavy (non-hydrogen) atoms. The summed E-state index contributed by atoms with van der Waals surface area (Å²) in [6.07, 6.45) is 5.86. The molecule has 1 aliphatic carbocycles. The fourth-order valence-electron chi connectivity index (χ4n) is 1.08. The van der Waals surface area contributed by atoms with E-state index in [2.05, 4.69) is 20.9 Å². The molecule has 2 N–H and O–H groups in total. The van der Waals surface area contributed by atoms with Gasteiger partial charge in [-0.05, 0) is 34.7 Å². The molecule has 0 bridgehead atoms. The Labute approximate surface area is 85.4 Å². The average molecular weight is 243 g/mol. The van der Waals surface area contributed by atoms with Gasteiger partial charge in [-0.1, -0.05) is 0 Å². The highest BCUT2D eigenvalue weighted by Crippen LogP contribution is 2.34. The molecule has 0 saturated heterocycles. The first-order valence-corrected chi connectivity index (χ1v) is 5.08. The summed E-state index contributed by atoms with van der Waals surface area (Å²) in [5.74, 6) is 1.46. The van der Waals surface area contributed by atoms with Gasteiger partial charge in [0.05, 0.1) is 23.0 Å². The summed E-state index contributed by atoms with van der Waals surface area (Å²) in [6.45, 7) is 0.771. The van der Waals surface area contributed by atoms with Crippen LogP contribution in [0.5, 0.6) is 5.75 Å². The standard InChI is InChI=1S/C9H11BrN2O/c10-7-3-12-4-8(11)9(7)13-5-6-1-2-6/h3-4,6H,1-2,5,11H2. The number of hydrogen-bond acceptors (Lipinski definition) is 3. The maximum Gasteiger partial charge on any atom is 0.159 e. The van der Waals surface area contributed by atoms with Crippen molar-refractivity contribution in [2.75, 3.05) is 12.3 Å². The molecule has 3 nitrogen and oxygen atoms in total. The van der Waals surface area contributed by atoms with Crippen molar-refractivity contribution >= 4 is 21.6 Å². The van der Waals surface area contributed by atoms with E-state index in [4.69, 9.17) is 10.5 Å². The number of rotatable bonds is 3. The zero-order valence-electron chi connectivity index (χ0n) is 7.16. The summed E-state index contributed by atoms with van der Waals surface area (Å²) in [7, 11) is 0. The molecule has 1 aromatic rings. The van der Waals surface area contributed by atoms with E-state index in [1.807, 2.05) is 0 Å². The van der Waals surface area contributed by atoms with Crippen molar-refractivity contribution in [3.8, 4) is 5.75 Å². The maximum absolute atomic E-state index is 5.71. The molecule has 0 aromatic carbocycles. The number of hydrogen-bond donors (Lipinski definition) is 1. The van der Waals surface area contributed by atoms with Crippen LogP contribution < -0.4 is 10.5 Å². The molecule has 0 atom stereocenters. The van der Waals surface area contributed by atoms with Gasteiger partial charge in [-0.25, -0.2) is 0 Å². The number of pyridine rings is 1. The molecule has 1 fully saturated rings. The predicted molar refractivity (Wildman–Crippen MR) is 54.6 cm³/mol. The SMILES string of the molecule is Nc1cncc(Br)c1OCC1CC1. The predicted octanol–water partition coefficient (Wildman–Crippen LogP) is 2.22. The first-order valence-electron chi connectivity index (χ1n) is 4.29. The van der Waals surface area contributed by atoms with E-state index in [1.165, 1.54) is 12.8 Å². The molecule has 1 saturated carbocycles. The van der Waals surface area contributed by atoms with Gasteiger partial charge in [-0.2, -0.15) is 0 Å². The third-order valence-electron chi connectivity index (χ3n) is 2.04. The van der Waals surface area contributed by atoms with E-state index in [0.29, 0.717) is 5.69 Å². The zero-order chi connectivity index (χ0) is 9.26. The van der Waals surface area contributed by atoms with Crippen molar-refractivity contribution in [2.45, 2.75) is 12.8 Å². The highest BCUT2D eigenvalue weighted by Gasteiger charge is 2.22. The number of aromatic nitrogens is 1. The number of ether oxygens (including phenoxy) is 1. The van der Waals surface area contributed by atoms with E-state index in [1.54, 1.807) is 12.4 Å². The van der Waals surface area contributed by atoms with Crippen LogP contribution in [0.25, 0.3) is 0 Å². The summed E-state index contributed by atoms with van der Waals surface area (Å²) in [5.41, 5.74) is 6.30. The van der Waals surface area contributed by atoms with Crippen LogP contribution >= 0.6 is 15.9 Å². The van der Waals surface area contributed by atoms with Gasteiger partial charge in [0.2, 0.25) is 0 Å². The lowest BCUT2D eigenvalue weighted by atomic mass is 10.4. The second-order valence-electron chi connectivity index (χ2n) is 3.29. The molecule has 4 heteroatoms. The smallest absolute Gasteiger partial charge is 0.159 e.